The monoisotopic (exact) mass is 354 g/mol. The van der Waals surface area contributed by atoms with E-state index in [2.05, 4.69) is 0 Å². The van der Waals surface area contributed by atoms with E-state index in [-0.39, 0.29) is 37.6 Å². The topological polar surface area (TPSA) is 0 Å². The van der Waals surface area contributed by atoms with Gasteiger partial charge in [-0.25, -0.2) is 8.78 Å². The van der Waals surface area contributed by atoms with Crippen molar-refractivity contribution in [1.29, 1.82) is 0 Å². The molecule has 2 aromatic rings. The van der Waals surface area contributed by atoms with E-state index in [1.165, 1.54) is 19.1 Å². The second kappa shape index (κ2) is 6.07. The summed E-state index contributed by atoms with van der Waals surface area (Å²) in [6, 6.07) is 4.35. The van der Waals surface area contributed by atoms with Crippen molar-refractivity contribution in [1.82, 2.24) is 0 Å². The maximum Gasteiger partial charge on any atom is 0.146 e. The van der Waals surface area contributed by atoms with Crippen LogP contribution < -0.4 is 0 Å². The standard InChI is InChI=1S/C14H8Cl4F2/c1-6-10(15)12(17)8(13(18)14(6)20)5-7-3-2-4-9(19)11(7)16/h2-4H,5H2,1H3. The number of hydrogen-bond acceptors (Lipinski definition) is 0. The molecule has 106 valence electrons. The number of hydrogen-bond donors (Lipinski definition) is 0. The first kappa shape index (κ1) is 15.8. The maximum atomic E-state index is 13.9. The lowest BCUT2D eigenvalue weighted by molar-refractivity contribution is 0.617. The molecule has 0 nitrogen and oxygen atoms in total. The average Bonchev–Trinajstić information content (AvgIpc) is 2.43. The molecule has 0 saturated carbocycles. The van der Waals surface area contributed by atoms with Gasteiger partial charge in [-0.1, -0.05) is 58.5 Å². The lowest BCUT2D eigenvalue weighted by Crippen LogP contribution is -1.99. The van der Waals surface area contributed by atoms with Crippen molar-refractivity contribution in [2.45, 2.75) is 13.3 Å². The van der Waals surface area contributed by atoms with E-state index in [1.807, 2.05) is 0 Å². The summed E-state index contributed by atoms with van der Waals surface area (Å²) in [4.78, 5) is 0. The summed E-state index contributed by atoms with van der Waals surface area (Å²) in [7, 11) is 0. The molecule has 0 amide bonds. The largest absolute Gasteiger partial charge is 0.205 e. The van der Waals surface area contributed by atoms with Crippen LogP contribution >= 0.6 is 46.4 Å². The molecule has 0 fully saturated rings. The first-order valence-electron chi connectivity index (χ1n) is 5.59. The Labute approximate surface area is 135 Å². The van der Waals surface area contributed by atoms with Crippen LogP contribution in [0.1, 0.15) is 16.7 Å². The molecule has 0 N–H and O–H groups in total. The minimum Gasteiger partial charge on any atom is -0.205 e. The molecular formula is C14H8Cl4F2. The summed E-state index contributed by atoms with van der Waals surface area (Å²) in [6.45, 7) is 1.48. The molecule has 6 heteroatoms. The van der Waals surface area contributed by atoms with Gasteiger partial charge in [0.05, 0.1) is 20.1 Å². The third kappa shape index (κ3) is 2.75. The molecule has 0 unspecified atom stereocenters. The molecule has 0 heterocycles. The van der Waals surface area contributed by atoms with Crippen LogP contribution in [0.4, 0.5) is 8.78 Å². The van der Waals surface area contributed by atoms with Crippen LogP contribution in [0.2, 0.25) is 20.1 Å². The van der Waals surface area contributed by atoms with Crippen molar-refractivity contribution >= 4 is 46.4 Å². The summed E-state index contributed by atoms with van der Waals surface area (Å²) in [5, 5.41) is 0.0703. The molecule has 0 aliphatic heterocycles. The second-order valence-electron chi connectivity index (χ2n) is 4.25. The summed E-state index contributed by atoms with van der Waals surface area (Å²) >= 11 is 23.9. The fraction of sp³-hybridized carbons (Fsp3) is 0.143. The Bertz CT molecular complexity index is 654. The Morgan fingerprint density at radius 1 is 0.900 bits per heavy atom. The van der Waals surface area contributed by atoms with Crippen molar-refractivity contribution in [2.24, 2.45) is 0 Å². The average molecular weight is 356 g/mol. The first-order valence-corrected chi connectivity index (χ1v) is 7.10. The summed E-state index contributed by atoms with van der Waals surface area (Å²) < 4.78 is 27.3. The molecule has 0 aliphatic carbocycles. The molecule has 0 aromatic heterocycles. The van der Waals surface area contributed by atoms with Gasteiger partial charge in [0.2, 0.25) is 0 Å². The molecule has 2 aromatic carbocycles. The normalized spacial score (nSPS) is 10.9. The molecule has 0 saturated heterocycles. The molecular weight excluding hydrogens is 348 g/mol. The maximum absolute atomic E-state index is 13.9. The predicted molar refractivity (Wildman–Crippen MR) is 80.4 cm³/mol. The van der Waals surface area contributed by atoms with Gasteiger partial charge in [0.15, 0.2) is 0 Å². The fourth-order valence-corrected chi connectivity index (χ4v) is 2.86. The minimum absolute atomic E-state index is 0.0447. The highest BCUT2D eigenvalue weighted by atomic mass is 35.5. The molecule has 20 heavy (non-hydrogen) atoms. The number of rotatable bonds is 2. The molecule has 2 rings (SSSR count). The molecule has 0 spiro atoms. The Morgan fingerprint density at radius 3 is 2.20 bits per heavy atom. The van der Waals surface area contributed by atoms with Gasteiger partial charge in [0.1, 0.15) is 11.6 Å². The quantitative estimate of drug-likeness (QED) is 0.541. The van der Waals surface area contributed by atoms with E-state index in [0.29, 0.717) is 5.56 Å². The van der Waals surface area contributed by atoms with Crippen LogP contribution in [0.5, 0.6) is 0 Å². The first-order chi connectivity index (χ1) is 9.34. The predicted octanol–water partition coefficient (Wildman–Crippen LogP) is 6.48. The Morgan fingerprint density at radius 2 is 1.55 bits per heavy atom. The van der Waals surface area contributed by atoms with Crippen molar-refractivity contribution < 1.29 is 8.78 Å². The third-order valence-electron chi connectivity index (χ3n) is 2.97. The zero-order valence-electron chi connectivity index (χ0n) is 10.2. The SMILES string of the molecule is Cc1c(F)c(Cl)c(Cc2cccc(F)c2Cl)c(Cl)c1Cl. The van der Waals surface area contributed by atoms with Crippen LogP contribution in [0.3, 0.4) is 0 Å². The minimum atomic E-state index is -0.636. The van der Waals surface area contributed by atoms with E-state index < -0.39 is 11.6 Å². The Hall–Kier alpha value is -0.540. The van der Waals surface area contributed by atoms with Crippen molar-refractivity contribution in [3.8, 4) is 0 Å². The number of benzene rings is 2. The number of halogens is 6. The molecule has 0 radical (unpaired) electrons. The highest BCUT2D eigenvalue weighted by molar-refractivity contribution is 6.44. The molecule has 0 atom stereocenters. The zero-order valence-corrected chi connectivity index (χ0v) is 13.2. The summed E-state index contributed by atoms with van der Waals surface area (Å²) in [6.07, 6.45) is 0.0885. The van der Waals surface area contributed by atoms with E-state index >= 15 is 0 Å². The van der Waals surface area contributed by atoms with Crippen molar-refractivity contribution in [2.75, 3.05) is 0 Å². The van der Waals surface area contributed by atoms with E-state index in [4.69, 9.17) is 46.4 Å². The van der Waals surface area contributed by atoms with Crippen LogP contribution in [-0.4, -0.2) is 0 Å². The van der Waals surface area contributed by atoms with Crippen LogP contribution in [0, 0.1) is 18.6 Å². The Kier molecular flexibility index (Phi) is 4.80. The van der Waals surface area contributed by atoms with Gasteiger partial charge in [-0.05, 0) is 24.1 Å². The van der Waals surface area contributed by atoms with Gasteiger partial charge < -0.3 is 0 Å². The van der Waals surface area contributed by atoms with Gasteiger partial charge in [0.25, 0.3) is 0 Å². The van der Waals surface area contributed by atoms with Crippen LogP contribution in [-0.2, 0) is 6.42 Å². The van der Waals surface area contributed by atoms with Gasteiger partial charge in [-0.2, -0.15) is 0 Å². The van der Waals surface area contributed by atoms with Gasteiger partial charge in [-0.15, -0.1) is 0 Å². The molecule has 0 aliphatic rings. The fourth-order valence-electron chi connectivity index (χ4n) is 1.82. The van der Waals surface area contributed by atoms with Gasteiger partial charge in [0, 0.05) is 12.0 Å². The zero-order chi connectivity index (χ0) is 15.0. The highest BCUT2D eigenvalue weighted by Gasteiger charge is 2.20. The lowest BCUT2D eigenvalue weighted by atomic mass is 10.0. The van der Waals surface area contributed by atoms with Crippen molar-refractivity contribution in [3.05, 3.63) is 66.6 Å². The second-order valence-corrected chi connectivity index (χ2v) is 5.76. The van der Waals surface area contributed by atoms with E-state index in [0.717, 1.165) is 0 Å². The smallest absolute Gasteiger partial charge is 0.146 e. The van der Waals surface area contributed by atoms with Gasteiger partial charge in [-0.3, -0.25) is 0 Å². The van der Waals surface area contributed by atoms with E-state index in [9.17, 15) is 8.78 Å². The Balaban J connectivity index is 2.57. The molecule has 0 bridgehead atoms. The third-order valence-corrected chi connectivity index (χ3v) is 4.78. The van der Waals surface area contributed by atoms with Crippen molar-refractivity contribution in [3.63, 3.8) is 0 Å². The van der Waals surface area contributed by atoms with Crippen LogP contribution in [0.25, 0.3) is 0 Å². The lowest BCUT2D eigenvalue weighted by Gasteiger charge is -2.13. The summed E-state index contributed by atoms with van der Waals surface area (Å²) in [5.41, 5.74) is 0.916. The highest BCUT2D eigenvalue weighted by Crippen LogP contribution is 2.39. The van der Waals surface area contributed by atoms with Crippen LogP contribution in [0.15, 0.2) is 18.2 Å². The van der Waals surface area contributed by atoms with Gasteiger partial charge >= 0.3 is 0 Å². The van der Waals surface area contributed by atoms with E-state index in [1.54, 1.807) is 6.07 Å². The summed E-state index contributed by atoms with van der Waals surface area (Å²) in [5.74, 6) is -1.20.